The van der Waals surface area contributed by atoms with Crippen LogP contribution in [0.2, 0.25) is 0 Å². The molecule has 78 valence electrons. The minimum Gasteiger partial charge on any atom is -0.479 e. The van der Waals surface area contributed by atoms with Crippen LogP contribution >= 0.6 is 0 Å². The first-order chi connectivity index (χ1) is 7.08. The van der Waals surface area contributed by atoms with Crippen molar-refractivity contribution >= 4 is 17.3 Å². The molecule has 1 atom stereocenters. The number of carbonyl (C=O) groups excluding carboxylic acids is 1. The number of carbonyl (C=O) groups is 1. The van der Waals surface area contributed by atoms with Gasteiger partial charge < -0.3 is 10.1 Å². The number of ether oxygens (including phenoxy) is 1. The van der Waals surface area contributed by atoms with Crippen molar-refractivity contribution in [1.29, 1.82) is 0 Å². The number of hydrogen-bond acceptors (Lipinski definition) is 4. The normalized spacial score (nSPS) is 18.7. The summed E-state index contributed by atoms with van der Waals surface area (Å²) in [7, 11) is 0. The predicted molar refractivity (Wildman–Crippen MR) is 51.8 cm³/mol. The van der Waals surface area contributed by atoms with Crippen LogP contribution in [0.25, 0.3) is 0 Å². The van der Waals surface area contributed by atoms with Gasteiger partial charge in [0.05, 0.1) is 10.6 Å². The van der Waals surface area contributed by atoms with Crippen LogP contribution in [-0.4, -0.2) is 16.9 Å². The maximum atomic E-state index is 11.2. The van der Waals surface area contributed by atoms with Crippen LogP contribution in [0.15, 0.2) is 18.2 Å². The van der Waals surface area contributed by atoms with E-state index in [-0.39, 0.29) is 11.6 Å². The molecule has 1 heterocycles. The molecule has 0 saturated heterocycles. The molecule has 1 aliphatic heterocycles. The summed E-state index contributed by atoms with van der Waals surface area (Å²) in [5, 5.41) is 13.0. The third kappa shape index (κ3) is 1.61. The molecule has 0 aliphatic carbocycles. The van der Waals surface area contributed by atoms with Gasteiger partial charge in [0.1, 0.15) is 5.75 Å². The van der Waals surface area contributed by atoms with E-state index in [2.05, 4.69) is 5.32 Å². The highest BCUT2D eigenvalue weighted by Gasteiger charge is 2.24. The molecule has 1 amide bonds. The first kappa shape index (κ1) is 9.45. The molecular weight excluding hydrogens is 200 g/mol. The molecule has 1 N–H and O–H groups in total. The minimum atomic E-state index is -0.570. The number of amides is 1. The third-order valence-corrected chi connectivity index (χ3v) is 2.10. The molecule has 1 aromatic rings. The number of nitrogens with zero attached hydrogens (tertiary/aromatic N) is 1. The summed E-state index contributed by atoms with van der Waals surface area (Å²) < 4.78 is 5.24. The SMILES string of the molecule is CC1Oc2ccc([N+](=O)[O-])cc2NC1=O. The second kappa shape index (κ2) is 3.23. The van der Waals surface area contributed by atoms with Crippen molar-refractivity contribution in [3.05, 3.63) is 28.3 Å². The second-order valence-corrected chi connectivity index (χ2v) is 3.19. The lowest BCUT2D eigenvalue weighted by molar-refractivity contribution is -0.384. The fraction of sp³-hybridized carbons (Fsp3) is 0.222. The van der Waals surface area contributed by atoms with Crippen molar-refractivity contribution in [1.82, 2.24) is 0 Å². The van der Waals surface area contributed by atoms with Gasteiger partial charge in [0.25, 0.3) is 11.6 Å². The lowest BCUT2D eigenvalue weighted by Gasteiger charge is -2.22. The highest BCUT2D eigenvalue weighted by Crippen LogP contribution is 2.32. The molecule has 15 heavy (non-hydrogen) atoms. The van der Waals surface area contributed by atoms with E-state index in [9.17, 15) is 14.9 Å². The molecule has 6 heteroatoms. The van der Waals surface area contributed by atoms with E-state index in [1.807, 2.05) is 0 Å². The molecule has 0 bridgehead atoms. The van der Waals surface area contributed by atoms with Crippen LogP contribution in [0.1, 0.15) is 6.92 Å². The molecule has 2 rings (SSSR count). The number of anilines is 1. The zero-order valence-electron chi connectivity index (χ0n) is 7.89. The number of benzene rings is 1. The van der Waals surface area contributed by atoms with Crippen molar-refractivity contribution < 1.29 is 14.5 Å². The van der Waals surface area contributed by atoms with Gasteiger partial charge in [-0.1, -0.05) is 0 Å². The number of nitrogens with one attached hydrogen (secondary N) is 1. The molecule has 0 radical (unpaired) electrons. The monoisotopic (exact) mass is 208 g/mol. The van der Waals surface area contributed by atoms with E-state index < -0.39 is 11.0 Å². The van der Waals surface area contributed by atoms with E-state index >= 15 is 0 Å². The fourth-order valence-electron chi connectivity index (χ4n) is 1.31. The fourth-order valence-corrected chi connectivity index (χ4v) is 1.31. The number of hydrogen-bond donors (Lipinski definition) is 1. The van der Waals surface area contributed by atoms with Gasteiger partial charge in [-0.25, -0.2) is 0 Å². The average Bonchev–Trinajstić information content (AvgIpc) is 2.19. The topological polar surface area (TPSA) is 81.5 Å². The largest absolute Gasteiger partial charge is 0.479 e. The molecule has 0 saturated carbocycles. The van der Waals surface area contributed by atoms with Gasteiger partial charge in [0, 0.05) is 12.1 Å². The smallest absolute Gasteiger partial charge is 0.271 e. The van der Waals surface area contributed by atoms with Gasteiger partial charge in [0.2, 0.25) is 0 Å². The molecule has 0 spiro atoms. The summed E-state index contributed by atoms with van der Waals surface area (Å²) in [6.07, 6.45) is -0.570. The van der Waals surface area contributed by atoms with Crippen LogP contribution < -0.4 is 10.1 Å². The quantitative estimate of drug-likeness (QED) is 0.557. The molecule has 6 nitrogen and oxygen atoms in total. The molecular formula is C9H8N2O4. The summed E-state index contributed by atoms with van der Waals surface area (Å²) in [5.41, 5.74) is 0.263. The van der Waals surface area contributed by atoms with Gasteiger partial charge in [-0.05, 0) is 13.0 Å². The van der Waals surface area contributed by atoms with Crippen molar-refractivity contribution in [3.8, 4) is 5.75 Å². The van der Waals surface area contributed by atoms with Gasteiger partial charge in [0.15, 0.2) is 6.10 Å². The lowest BCUT2D eigenvalue weighted by atomic mass is 10.2. The maximum absolute atomic E-state index is 11.2. The Hall–Kier alpha value is -2.11. The highest BCUT2D eigenvalue weighted by molar-refractivity contribution is 5.97. The molecule has 0 aromatic heterocycles. The zero-order valence-corrected chi connectivity index (χ0v) is 7.89. The number of fused-ring (bicyclic) bond motifs is 1. The number of nitro groups is 1. The van der Waals surface area contributed by atoms with Crippen LogP contribution in [0, 0.1) is 10.1 Å². The van der Waals surface area contributed by atoms with Crippen molar-refractivity contribution in [2.45, 2.75) is 13.0 Å². The third-order valence-electron chi connectivity index (χ3n) is 2.10. The molecule has 0 fully saturated rings. The molecule has 1 aromatic carbocycles. The van der Waals surface area contributed by atoms with Crippen LogP contribution in [0.5, 0.6) is 5.75 Å². The standard InChI is InChI=1S/C9H8N2O4/c1-5-9(12)10-7-4-6(11(13)14)2-3-8(7)15-5/h2-5H,1H3,(H,10,12). The van der Waals surface area contributed by atoms with Crippen molar-refractivity contribution in [2.75, 3.05) is 5.32 Å². The Kier molecular flexibility index (Phi) is 2.03. The Balaban J connectivity index is 2.41. The van der Waals surface area contributed by atoms with Crippen molar-refractivity contribution in [2.24, 2.45) is 0 Å². The Labute approximate surface area is 85.0 Å². The lowest BCUT2D eigenvalue weighted by Crippen LogP contribution is -2.34. The van der Waals surface area contributed by atoms with Gasteiger partial charge in [-0.2, -0.15) is 0 Å². The summed E-state index contributed by atoms with van der Waals surface area (Å²) >= 11 is 0. The van der Waals surface area contributed by atoms with E-state index in [1.54, 1.807) is 6.92 Å². The summed E-state index contributed by atoms with van der Waals surface area (Å²) in [5.74, 6) is 0.149. The van der Waals surface area contributed by atoms with E-state index in [0.717, 1.165) is 0 Å². The Morgan fingerprint density at radius 3 is 2.93 bits per heavy atom. The molecule has 1 unspecified atom stereocenters. The number of rotatable bonds is 1. The predicted octanol–water partition coefficient (Wildman–Crippen LogP) is 1.31. The summed E-state index contributed by atoms with van der Waals surface area (Å²) in [4.78, 5) is 21.2. The summed E-state index contributed by atoms with van der Waals surface area (Å²) in [6.45, 7) is 1.61. The number of non-ortho nitro benzene ring substituents is 1. The second-order valence-electron chi connectivity index (χ2n) is 3.19. The average molecular weight is 208 g/mol. The highest BCUT2D eigenvalue weighted by atomic mass is 16.6. The van der Waals surface area contributed by atoms with Crippen LogP contribution in [-0.2, 0) is 4.79 Å². The first-order valence-corrected chi connectivity index (χ1v) is 4.34. The van der Waals surface area contributed by atoms with E-state index in [1.165, 1.54) is 18.2 Å². The van der Waals surface area contributed by atoms with Gasteiger partial charge in [-0.3, -0.25) is 14.9 Å². The zero-order chi connectivity index (χ0) is 11.0. The molecule has 1 aliphatic rings. The van der Waals surface area contributed by atoms with Crippen molar-refractivity contribution in [3.63, 3.8) is 0 Å². The van der Waals surface area contributed by atoms with Gasteiger partial charge >= 0.3 is 0 Å². The minimum absolute atomic E-state index is 0.0767. The van der Waals surface area contributed by atoms with E-state index in [0.29, 0.717) is 11.4 Å². The first-order valence-electron chi connectivity index (χ1n) is 4.34. The van der Waals surface area contributed by atoms with Crippen LogP contribution in [0.4, 0.5) is 11.4 Å². The van der Waals surface area contributed by atoms with E-state index in [4.69, 9.17) is 4.74 Å². The number of nitro benzene ring substituents is 1. The summed E-state index contributed by atoms with van der Waals surface area (Å²) in [6, 6.07) is 4.09. The van der Waals surface area contributed by atoms with Crippen LogP contribution in [0.3, 0.4) is 0 Å². The Morgan fingerprint density at radius 2 is 2.27 bits per heavy atom. The Bertz CT molecular complexity index is 444. The Morgan fingerprint density at radius 1 is 1.53 bits per heavy atom. The van der Waals surface area contributed by atoms with Gasteiger partial charge in [-0.15, -0.1) is 0 Å². The maximum Gasteiger partial charge on any atom is 0.271 e.